The molecular formula is C11H13FN8O4. The molecule has 5 N–H and O–H groups in total. The summed E-state index contributed by atoms with van der Waals surface area (Å²) >= 11 is 0. The van der Waals surface area contributed by atoms with Crippen molar-refractivity contribution in [1.29, 1.82) is 0 Å². The van der Waals surface area contributed by atoms with Gasteiger partial charge < -0.3 is 20.7 Å². The Bertz CT molecular complexity index is 877. The van der Waals surface area contributed by atoms with E-state index in [1.807, 2.05) is 0 Å². The number of nitrogens with two attached hydrogens (primary N) is 1. The van der Waals surface area contributed by atoms with Gasteiger partial charge in [-0.25, -0.2) is 4.98 Å². The van der Waals surface area contributed by atoms with E-state index in [9.17, 15) is 19.4 Å². The first-order chi connectivity index (χ1) is 11.5. The highest BCUT2D eigenvalue weighted by Crippen LogP contribution is 2.43. The number of aliphatic hydroxyl groups excluding tert-OH is 2. The number of nitrogens with zero attached hydrogens (tertiary/aromatic N) is 6. The molecule has 0 spiro atoms. The first-order valence-electron chi connectivity index (χ1n) is 6.78. The van der Waals surface area contributed by atoms with E-state index >= 15 is 0 Å². The molecule has 1 aliphatic heterocycles. The van der Waals surface area contributed by atoms with E-state index in [4.69, 9.17) is 16.0 Å². The molecule has 4 atom stereocenters. The number of rotatable bonds is 4. The van der Waals surface area contributed by atoms with Crippen molar-refractivity contribution in [2.45, 2.75) is 18.1 Å². The lowest BCUT2D eigenvalue weighted by molar-refractivity contribution is -0.122. The standard InChI is InChI=1S/C11H13FN8O4/c12-1-4-6(22)11(2-21,18-19-14)24-9(4)20-3-15-5-7(20)16-10(13)17-8(5)23/h3-4,6,9,21-22H,1-2H2,(H3,13,16,17,23)/t4-,6-,9+,11+/m0/s1. The molecule has 1 aliphatic rings. The maximum absolute atomic E-state index is 13.5. The van der Waals surface area contributed by atoms with Gasteiger partial charge in [0.2, 0.25) is 5.95 Å². The number of hydrogen-bond donors (Lipinski definition) is 4. The molecule has 1 fully saturated rings. The van der Waals surface area contributed by atoms with E-state index in [0.717, 1.165) is 6.33 Å². The summed E-state index contributed by atoms with van der Waals surface area (Å²) in [6, 6.07) is 0. The van der Waals surface area contributed by atoms with Crippen LogP contribution in [0.5, 0.6) is 0 Å². The summed E-state index contributed by atoms with van der Waals surface area (Å²) < 4.78 is 20.1. The Morgan fingerprint density at radius 2 is 2.42 bits per heavy atom. The fourth-order valence-electron chi connectivity index (χ4n) is 2.73. The van der Waals surface area contributed by atoms with Crippen LogP contribution in [0.4, 0.5) is 10.3 Å². The third kappa shape index (κ3) is 2.18. The molecule has 0 unspecified atom stereocenters. The summed E-state index contributed by atoms with van der Waals surface area (Å²) in [7, 11) is 0. The predicted octanol–water partition coefficient (Wildman–Crippen LogP) is -0.824. The summed E-state index contributed by atoms with van der Waals surface area (Å²) in [6.07, 6.45) is -1.68. The molecule has 0 aromatic carbocycles. The van der Waals surface area contributed by atoms with Gasteiger partial charge >= 0.3 is 0 Å². The lowest BCUT2D eigenvalue weighted by Crippen LogP contribution is -2.43. The van der Waals surface area contributed by atoms with Crippen LogP contribution in [-0.2, 0) is 4.74 Å². The smallest absolute Gasteiger partial charge is 0.280 e. The lowest BCUT2D eigenvalue weighted by Gasteiger charge is -2.24. The van der Waals surface area contributed by atoms with Gasteiger partial charge in [0, 0.05) is 4.91 Å². The Labute approximate surface area is 132 Å². The van der Waals surface area contributed by atoms with Gasteiger partial charge in [0.1, 0.15) is 12.3 Å². The highest BCUT2D eigenvalue weighted by atomic mass is 19.1. The minimum absolute atomic E-state index is 0.00146. The average Bonchev–Trinajstić information content (AvgIpc) is 3.08. The fraction of sp³-hybridized carbons (Fsp3) is 0.545. The van der Waals surface area contributed by atoms with Crippen LogP contribution in [0.25, 0.3) is 21.6 Å². The number of imidazole rings is 1. The predicted molar refractivity (Wildman–Crippen MR) is 77.1 cm³/mol. The average molecular weight is 340 g/mol. The zero-order valence-electron chi connectivity index (χ0n) is 12.1. The Balaban J connectivity index is 2.15. The van der Waals surface area contributed by atoms with Crippen molar-refractivity contribution in [2.75, 3.05) is 19.0 Å². The molecule has 128 valence electrons. The number of H-pyrrole nitrogens is 1. The van der Waals surface area contributed by atoms with Crippen LogP contribution in [0, 0.1) is 5.92 Å². The minimum Gasteiger partial charge on any atom is -0.393 e. The van der Waals surface area contributed by atoms with Crippen LogP contribution in [0.15, 0.2) is 16.2 Å². The number of nitrogen functional groups attached to an aromatic ring is 1. The minimum atomic E-state index is -2.06. The zero-order chi connectivity index (χ0) is 17.5. The molecule has 3 heterocycles. The second-order valence-electron chi connectivity index (χ2n) is 5.24. The van der Waals surface area contributed by atoms with E-state index in [1.165, 1.54) is 4.57 Å². The molecule has 1 saturated heterocycles. The third-order valence-corrected chi connectivity index (χ3v) is 3.90. The van der Waals surface area contributed by atoms with Crippen molar-refractivity contribution in [3.63, 3.8) is 0 Å². The molecule has 0 radical (unpaired) electrons. The number of aromatic amines is 1. The van der Waals surface area contributed by atoms with Crippen LogP contribution in [-0.4, -0.2) is 54.8 Å². The van der Waals surface area contributed by atoms with Crippen molar-refractivity contribution in [1.82, 2.24) is 19.5 Å². The van der Waals surface area contributed by atoms with E-state index in [1.54, 1.807) is 0 Å². The third-order valence-electron chi connectivity index (χ3n) is 3.90. The number of alkyl halides is 1. The molecule has 0 bridgehead atoms. The molecule has 13 heteroatoms. The summed E-state index contributed by atoms with van der Waals surface area (Å²) in [5.41, 5.74) is 11.4. The molecule has 2 aromatic rings. The monoisotopic (exact) mass is 340 g/mol. The summed E-state index contributed by atoms with van der Waals surface area (Å²) in [4.78, 5) is 24.4. The maximum Gasteiger partial charge on any atom is 0.280 e. The van der Waals surface area contributed by atoms with Crippen LogP contribution < -0.4 is 11.3 Å². The topological polar surface area (TPSA) is 188 Å². The molecule has 0 amide bonds. The van der Waals surface area contributed by atoms with Gasteiger partial charge in [-0.3, -0.25) is 18.7 Å². The number of fused-ring (bicyclic) bond motifs is 1. The Morgan fingerprint density at radius 3 is 3.04 bits per heavy atom. The van der Waals surface area contributed by atoms with Gasteiger partial charge in [0.25, 0.3) is 5.56 Å². The van der Waals surface area contributed by atoms with Gasteiger partial charge in [0.15, 0.2) is 16.9 Å². The van der Waals surface area contributed by atoms with E-state index < -0.39 is 42.8 Å². The van der Waals surface area contributed by atoms with Crippen LogP contribution >= 0.6 is 0 Å². The molecular weight excluding hydrogens is 327 g/mol. The quantitative estimate of drug-likeness (QED) is 0.317. The largest absolute Gasteiger partial charge is 0.393 e. The van der Waals surface area contributed by atoms with Crippen LogP contribution in [0.3, 0.4) is 0 Å². The number of ether oxygens (including phenoxy) is 1. The Kier molecular flexibility index (Phi) is 3.85. The molecule has 0 saturated carbocycles. The maximum atomic E-state index is 13.5. The van der Waals surface area contributed by atoms with Gasteiger partial charge in [-0.05, 0) is 5.53 Å². The number of anilines is 1. The van der Waals surface area contributed by atoms with Crippen molar-refractivity contribution in [2.24, 2.45) is 11.0 Å². The summed E-state index contributed by atoms with van der Waals surface area (Å²) in [6.45, 7) is -1.92. The van der Waals surface area contributed by atoms with Crippen LogP contribution in [0.1, 0.15) is 6.23 Å². The van der Waals surface area contributed by atoms with Crippen LogP contribution in [0.2, 0.25) is 0 Å². The molecule has 12 nitrogen and oxygen atoms in total. The van der Waals surface area contributed by atoms with Gasteiger partial charge in [-0.1, -0.05) is 5.11 Å². The number of halogens is 1. The van der Waals surface area contributed by atoms with E-state index in [0.29, 0.717) is 0 Å². The van der Waals surface area contributed by atoms with Crippen molar-refractivity contribution in [3.8, 4) is 0 Å². The normalized spacial score (nSPS) is 29.7. The molecule has 0 aliphatic carbocycles. The highest BCUT2D eigenvalue weighted by molar-refractivity contribution is 5.70. The molecule has 2 aromatic heterocycles. The highest BCUT2D eigenvalue weighted by Gasteiger charge is 2.55. The first kappa shape index (κ1) is 16.1. The van der Waals surface area contributed by atoms with Crippen molar-refractivity contribution < 1.29 is 19.3 Å². The second-order valence-corrected chi connectivity index (χ2v) is 5.24. The molecule has 24 heavy (non-hydrogen) atoms. The summed E-state index contributed by atoms with van der Waals surface area (Å²) in [5, 5.41) is 23.0. The van der Waals surface area contributed by atoms with E-state index in [-0.39, 0.29) is 17.1 Å². The number of hydrogen-bond acceptors (Lipinski definition) is 8. The SMILES string of the molecule is [N-]=[N+]=N[C@]1(CO)O[C@@H](n2cnc3c(=O)[nH]c(N)nc32)[C@@H](CF)[C@@H]1O. The number of aromatic nitrogens is 4. The first-order valence-corrected chi connectivity index (χ1v) is 6.78. The van der Waals surface area contributed by atoms with Crippen molar-refractivity contribution in [3.05, 3.63) is 27.1 Å². The Hall–Kier alpha value is -2.73. The van der Waals surface area contributed by atoms with E-state index in [2.05, 4.69) is 25.0 Å². The zero-order valence-corrected chi connectivity index (χ0v) is 12.1. The number of nitrogens with one attached hydrogen (secondary N) is 1. The Morgan fingerprint density at radius 1 is 1.67 bits per heavy atom. The van der Waals surface area contributed by atoms with Gasteiger partial charge in [-0.15, -0.1) is 0 Å². The fourth-order valence-corrected chi connectivity index (χ4v) is 2.73. The van der Waals surface area contributed by atoms with Gasteiger partial charge in [0.05, 0.1) is 25.5 Å². The number of azide groups is 1. The van der Waals surface area contributed by atoms with Gasteiger partial charge in [-0.2, -0.15) is 4.98 Å². The second kappa shape index (κ2) is 5.72. The lowest BCUT2D eigenvalue weighted by atomic mass is 9.97. The number of aliphatic hydroxyl groups is 2. The summed E-state index contributed by atoms with van der Waals surface area (Å²) in [5.74, 6) is -1.38. The van der Waals surface area contributed by atoms with Crippen molar-refractivity contribution >= 4 is 17.1 Å². The molecule has 3 rings (SSSR count).